The number of likely N-dealkylation sites (N-methyl/N-ethyl adjacent to an activating group) is 1. The molecule has 254 valence electrons. The summed E-state index contributed by atoms with van der Waals surface area (Å²) in [5.41, 5.74) is -0.989. The number of pyridine rings is 2. The first-order valence-corrected chi connectivity index (χ1v) is 15.4. The number of hydrogen-bond acceptors (Lipinski definition) is 9. The predicted molar refractivity (Wildman–Crippen MR) is 177 cm³/mol. The van der Waals surface area contributed by atoms with Crippen LogP contribution in [-0.4, -0.2) is 67.5 Å². The van der Waals surface area contributed by atoms with Gasteiger partial charge in [0.25, 0.3) is 0 Å². The topological polar surface area (TPSA) is 132 Å². The highest BCUT2D eigenvalue weighted by molar-refractivity contribution is 6.36. The maximum absolute atomic E-state index is 15.9. The number of halogens is 3. The molecule has 48 heavy (non-hydrogen) atoms. The van der Waals surface area contributed by atoms with Crippen LogP contribution < -0.4 is 10.2 Å². The third-order valence-electron chi connectivity index (χ3n) is 7.31. The number of rotatable bonds is 4. The Labute approximate surface area is 281 Å². The van der Waals surface area contributed by atoms with E-state index < -0.39 is 35.4 Å². The van der Waals surface area contributed by atoms with Gasteiger partial charge in [-0.25, -0.2) is 23.4 Å². The number of benzene rings is 1. The molecule has 1 aliphatic heterocycles. The van der Waals surface area contributed by atoms with Crippen molar-refractivity contribution in [2.75, 3.05) is 23.8 Å². The molecule has 1 N–H and O–H groups in total. The lowest BCUT2D eigenvalue weighted by atomic mass is 9.98. The van der Waals surface area contributed by atoms with Gasteiger partial charge < -0.3 is 19.7 Å². The number of imide groups is 1. The molecule has 1 aliphatic rings. The second kappa shape index (κ2) is 12.6. The van der Waals surface area contributed by atoms with Crippen molar-refractivity contribution in [1.29, 1.82) is 0 Å². The number of fused-ring (bicyclic) bond motifs is 2. The van der Waals surface area contributed by atoms with E-state index >= 15 is 4.39 Å². The van der Waals surface area contributed by atoms with Crippen LogP contribution in [0.25, 0.3) is 21.9 Å². The van der Waals surface area contributed by atoms with Crippen molar-refractivity contribution < 1.29 is 32.6 Å². The largest absolute Gasteiger partial charge is 0.443 e. The van der Waals surface area contributed by atoms with Gasteiger partial charge in [-0.05, 0) is 71.5 Å². The zero-order valence-corrected chi connectivity index (χ0v) is 28.6. The summed E-state index contributed by atoms with van der Waals surface area (Å²) in [5.74, 6) is -0.472. The second-order valence-electron chi connectivity index (χ2n) is 13.4. The molecule has 3 aromatic heterocycles. The van der Waals surface area contributed by atoms with Crippen molar-refractivity contribution in [3.8, 4) is 11.1 Å². The predicted octanol–water partition coefficient (Wildman–Crippen LogP) is 7.50. The van der Waals surface area contributed by atoms with Gasteiger partial charge in [-0.2, -0.15) is 10.00 Å². The van der Waals surface area contributed by atoms with Gasteiger partial charge in [0.05, 0.1) is 29.1 Å². The van der Waals surface area contributed by atoms with Crippen LogP contribution >= 0.6 is 11.6 Å². The molecular formula is C33H36ClF2N7O5. The molecule has 0 aliphatic carbocycles. The van der Waals surface area contributed by atoms with Crippen molar-refractivity contribution in [3.63, 3.8) is 0 Å². The normalized spacial score (nSPS) is 15.2. The van der Waals surface area contributed by atoms with Crippen LogP contribution in [0.4, 0.5) is 35.7 Å². The number of amides is 3. The molecule has 4 heterocycles. The van der Waals surface area contributed by atoms with Gasteiger partial charge in [0, 0.05) is 42.0 Å². The number of aromatic nitrogens is 4. The number of alkyl halides is 1. The molecule has 3 amide bonds. The third kappa shape index (κ3) is 7.18. The minimum Gasteiger partial charge on any atom is -0.443 e. The SMILES string of the molecule is Cc1c(-c2cc3cc(Nc4cc5n(n4)CC(=O)N(C)CC5F)ncc3c(Cl)c2F)cncc1N(C(=O)OC(C)(C)C)C(=O)OC(C)(C)C. The molecule has 1 unspecified atom stereocenters. The minimum atomic E-state index is -1.42. The Balaban J connectivity index is 1.54. The van der Waals surface area contributed by atoms with E-state index in [-0.39, 0.29) is 52.3 Å². The molecule has 4 aromatic rings. The lowest BCUT2D eigenvalue weighted by Gasteiger charge is -2.29. The van der Waals surface area contributed by atoms with Gasteiger partial charge in [0.1, 0.15) is 29.4 Å². The Morgan fingerprint density at radius 3 is 2.27 bits per heavy atom. The van der Waals surface area contributed by atoms with E-state index in [9.17, 15) is 18.8 Å². The molecule has 0 radical (unpaired) electrons. The Kier molecular flexibility index (Phi) is 9.08. The van der Waals surface area contributed by atoms with Crippen LogP contribution in [0.15, 0.2) is 36.8 Å². The first kappa shape index (κ1) is 34.5. The fourth-order valence-corrected chi connectivity index (χ4v) is 5.34. The van der Waals surface area contributed by atoms with E-state index in [0.29, 0.717) is 22.2 Å². The van der Waals surface area contributed by atoms with Gasteiger partial charge in [0.15, 0.2) is 12.0 Å². The molecule has 1 atom stereocenters. The Morgan fingerprint density at radius 2 is 1.65 bits per heavy atom. The molecule has 12 nitrogen and oxygen atoms in total. The summed E-state index contributed by atoms with van der Waals surface area (Å²) in [6.07, 6.45) is 0.659. The standard InChI is InChI=1S/C33H36ClF2N7O5/c1-17-20(12-37-14-24(17)43(30(45)47-32(2,3)4)31(46)48-33(5,6)7)19-9-18-10-25(38-13-21(18)28(34)29(19)36)39-26-11-23-22(35)15-41(8)27(44)16-42(23)40-26/h9-14,22H,15-16H2,1-8H3,(H,38,39,40). The second-order valence-corrected chi connectivity index (χ2v) is 13.8. The highest BCUT2D eigenvalue weighted by atomic mass is 35.5. The van der Waals surface area contributed by atoms with Crippen molar-refractivity contribution in [2.24, 2.45) is 0 Å². The molecule has 0 fully saturated rings. The van der Waals surface area contributed by atoms with E-state index in [4.69, 9.17) is 21.1 Å². The van der Waals surface area contributed by atoms with E-state index in [1.165, 1.54) is 47.4 Å². The molecule has 5 rings (SSSR count). The molecule has 0 bridgehead atoms. The van der Waals surface area contributed by atoms with Crippen LogP contribution in [0.1, 0.15) is 59.0 Å². The van der Waals surface area contributed by atoms with Crippen LogP contribution in [0.3, 0.4) is 0 Å². The Hall–Kier alpha value is -4.85. The zero-order chi connectivity index (χ0) is 35.3. The first-order chi connectivity index (χ1) is 22.3. The maximum Gasteiger partial charge on any atom is 0.424 e. The molecule has 1 aromatic carbocycles. The van der Waals surface area contributed by atoms with E-state index in [0.717, 1.165) is 4.90 Å². The Morgan fingerprint density at radius 1 is 1.00 bits per heavy atom. The van der Waals surface area contributed by atoms with Gasteiger partial charge >= 0.3 is 12.2 Å². The summed E-state index contributed by atoms with van der Waals surface area (Å²) in [4.78, 5) is 49.5. The summed E-state index contributed by atoms with van der Waals surface area (Å²) in [5, 5.41) is 7.94. The van der Waals surface area contributed by atoms with Crippen LogP contribution in [-0.2, 0) is 20.8 Å². The minimum absolute atomic E-state index is 0.0269. The zero-order valence-electron chi connectivity index (χ0n) is 27.8. The number of anilines is 3. The molecular weight excluding hydrogens is 648 g/mol. The van der Waals surface area contributed by atoms with E-state index in [1.807, 2.05) is 0 Å². The van der Waals surface area contributed by atoms with Crippen molar-refractivity contribution >= 4 is 57.8 Å². The summed E-state index contributed by atoms with van der Waals surface area (Å²) in [6.45, 7) is 11.3. The van der Waals surface area contributed by atoms with Crippen molar-refractivity contribution in [1.82, 2.24) is 24.6 Å². The fourth-order valence-electron chi connectivity index (χ4n) is 5.08. The van der Waals surface area contributed by atoms with Gasteiger partial charge in [-0.15, -0.1) is 0 Å². The number of hydrogen-bond donors (Lipinski definition) is 1. The number of carbonyl (C=O) groups is 3. The van der Waals surface area contributed by atoms with E-state index in [1.54, 1.807) is 54.5 Å². The monoisotopic (exact) mass is 683 g/mol. The summed E-state index contributed by atoms with van der Waals surface area (Å²) in [7, 11) is 1.54. The van der Waals surface area contributed by atoms with Crippen LogP contribution in [0.5, 0.6) is 0 Å². The number of ether oxygens (including phenoxy) is 2. The third-order valence-corrected chi connectivity index (χ3v) is 7.68. The van der Waals surface area contributed by atoms with Gasteiger partial charge in [-0.3, -0.25) is 14.5 Å². The van der Waals surface area contributed by atoms with E-state index in [2.05, 4.69) is 20.4 Å². The fraction of sp³-hybridized carbons (Fsp3) is 0.394. The van der Waals surface area contributed by atoms with Gasteiger partial charge in [-0.1, -0.05) is 11.6 Å². The van der Waals surface area contributed by atoms with Gasteiger partial charge in [0.2, 0.25) is 5.91 Å². The first-order valence-electron chi connectivity index (χ1n) is 15.0. The molecule has 0 spiro atoms. The average molecular weight is 684 g/mol. The quantitative estimate of drug-likeness (QED) is 0.232. The molecule has 15 heteroatoms. The van der Waals surface area contributed by atoms with Crippen LogP contribution in [0.2, 0.25) is 5.02 Å². The molecule has 0 saturated heterocycles. The average Bonchev–Trinajstić information content (AvgIpc) is 3.32. The highest BCUT2D eigenvalue weighted by Gasteiger charge is 2.35. The lowest BCUT2D eigenvalue weighted by molar-refractivity contribution is -0.130. The number of nitrogens with zero attached hydrogens (tertiary/aromatic N) is 6. The maximum atomic E-state index is 15.9. The Bertz CT molecular complexity index is 1910. The smallest absolute Gasteiger partial charge is 0.424 e. The summed E-state index contributed by atoms with van der Waals surface area (Å²) >= 11 is 6.51. The number of nitrogens with one attached hydrogen (secondary N) is 1. The highest BCUT2D eigenvalue weighted by Crippen LogP contribution is 2.39. The van der Waals surface area contributed by atoms with Crippen molar-refractivity contribution in [3.05, 3.63) is 58.9 Å². The van der Waals surface area contributed by atoms with Crippen LogP contribution in [0, 0.1) is 12.7 Å². The van der Waals surface area contributed by atoms with Crippen molar-refractivity contribution in [2.45, 2.75) is 72.4 Å². The number of carbonyl (C=O) groups excluding carboxylic acids is 3. The summed E-state index contributed by atoms with van der Waals surface area (Å²) in [6, 6.07) is 4.66. The lowest BCUT2D eigenvalue weighted by Crippen LogP contribution is -2.44. The molecule has 0 saturated carbocycles. The summed E-state index contributed by atoms with van der Waals surface area (Å²) < 4.78 is 43.1.